The Balaban J connectivity index is 3.76. The van der Waals surface area contributed by atoms with E-state index in [0.717, 1.165) is 0 Å². The number of hydrogen-bond donors (Lipinski definition) is 2. The van der Waals surface area contributed by atoms with Crippen LogP contribution >= 0.6 is 0 Å². The van der Waals surface area contributed by atoms with Crippen molar-refractivity contribution in [1.29, 1.82) is 0 Å². The van der Waals surface area contributed by atoms with Crippen LogP contribution in [0.1, 0.15) is 6.92 Å². The van der Waals surface area contributed by atoms with Gasteiger partial charge in [0.1, 0.15) is 6.61 Å². The van der Waals surface area contributed by atoms with Crippen LogP contribution < -0.4 is 5.73 Å². The van der Waals surface area contributed by atoms with Crippen molar-refractivity contribution in [3.63, 3.8) is 0 Å². The number of primary amides is 1. The lowest BCUT2D eigenvalue weighted by molar-refractivity contribution is -0.144. The summed E-state index contributed by atoms with van der Waals surface area (Å²) in [5.74, 6) is -1.58. The molecule has 12 heavy (non-hydrogen) atoms. The highest BCUT2D eigenvalue weighted by Gasteiger charge is 2.13. The molecule has 0 aromatic heterocycles. The number of nitrogens with two attached hydrogens (primary N) is 1. The minimum absolute atomic E-state index is 0.201. The molecule has 0 fully saturated rings. The van der Waals surface area contributed by atoms with E-state index in [2.05, 4.69) is 11.3 Å². The highest BCUT2D eigenvalue weighted by Crippen LogP contribution is 1.93. The van der Waals surface area contributed by atoms with E-state index in [9.17, 15) is 9.59 Å². The molecule has 0 saturated heterocycles. The van der Waals surface area contributed by atoms with Crippen LogP contribution in [-0.2, 0) is 14.3 Å². The van der Waals surface area contributed by atoms with Gasteiger partial charge in [0.25, 0.3) is 0 Å². The Kier molecular flexibility index (Phi) is 3.99. The number of carbonyl (C=O) groups is 2. The normalized spacial score (nSPS) is 11.8. The van der Waals surface area contributed by atoms with Crippen molar-refractivity contribution in [2.24, 2.45) is 5.73 Å². The second kappa shape index (κ2) is 4.50. The Morgan fingerprint density at radius 3 is 2.50 bits per heavy atom. The Hall–Kier alpha value is -1.36. The van der Waals surface area contributed by atoms with Crippen LogP contribution in [0.2, 0.25) is 0 Å². The summed E-state index contributed by atoms with van der Waals surface area (Å²) >= 11 is 0. The first-order valence-corrected chi connectivity index (χ1v) is 3.25. The second-order valence-corrected chi connectivity index (χ2v) is 2.30. The smallest absolute Gasteiger partial charge is 0.333 e. The first kappa shape index (κ1) is 10.6. The van der Waals surface area contributed by atoms with Crippen LogP contribution in [0.3, 0.4) is 0 Å². The summed E-state index contributed by atoms with van der Waals surface area (Å²) in [4.78, 5) is 20.9. The molecule has 0 radical (unpaired) electrons. The van der Waals surface area contributed by atoms with Crippen LogP contribution in [0, 0.1) is 0 Å². The van der Waals surface area contributed by atoms with Gasteiger partial charge >= 0.3 is 5.97 Å². The second-order valence-electron chi connectivity index (χ2n) is 2.30. The molecule has 5 nitrogen and oxygen atoms in total. The number of hydrogen-bond acceptors (Lipinski definition) is 4. The summed E-state index contributed by atoms with van der Waals surface area (Å²) in [6.07, 6.45) is -1.45. The van der Waals surface area contributed by atoms with E-state index < -0.39 is 24.6 Å². The maximum atomic E-state index is 10.7. The molecule has 3 N–H and O–H groups in total. The van der Waals surface area contributed by atoms with E-state index in [0.29, 0.717) is 0 Å². The van der Waals surface area contributed by atoms with Crippen LogP contribution in [0.4, 0.5) is 0 Å². The zero-order valence-electron chi connectivity index (χ0n) is 6.74. The SMILES string of the molecule is C=C(C)C(=O)OCC(O)C(N)=O. The number of ether oxygens (including phenoxy) is 1. The summed E-state index contributed by atoms with van der Waals surface area (Å²) in [5.41, 5.74) is 4.90. The molecule has 1 atom stereocenters. The van der Waals surface area contributed by atoms with Gasteiger partial charge in [-0.2, -0.15) is 0 Å². The molecule has 0 aliphatic rings. The summed E-state index contributed by atoms with van der Waals surface area (Å²) in [5, 5.41) is 8.78. The maximum absolute atomic E-state index is 10.7. The summed E-state index contributed by atoms with van der Waals surface area (Å²) in [6, 6.07) is 0. The van der Waals surface area contributed by atoms with E-state index in [4.69, 9.17) is 10.8 Å². The number of amides is 1. The lowest BCUT2D eigenvalue weighted by Crippen LogP contribution is -2.33. The quantitative estimate of drug-likeness (QED) is 0.419. The van der Waals surface area contributed by atoms with Crippen LogP contribution in [-0.4, -0.2) is 29.7 Å². The molecule has 68 valence electrons. The van der Waals surface area contributed by atoms with E-state index in [-0.39, 0.29) is 5.57 Å². The topological polar surface area (TPSA) is 89.6 Å². The van der Waals surface area contributed by atoms with Crippen LogP contribution in [0.5, 0.6) is 0 Å². The van der Waals surface area contributed by atoms with Crippen molar-refractivity contribution in [3.8, 4) is 0 Å². The predicted molar refractivity (Wildman–Crippen MR) is 41.0 cm³/mol. The average Bonchev–Trinajstić information content (AvgIpc) is 1.98. The van der Waals surface area contributed by atoms with Gasteiger partial charge in [0.2, 0.25) is 5.91 Å². The van der Waals surface area contributed by atoms with E-state index >= 15 is 0 Å². The maximum Gasteiger partial charge on any atom is 0.333 e. The first-order valence-electron chi connectivity index (χ1n) is 3.25. The average molecular weight is 173 g/mol. The Bertz CT molecular complexity index is 211. The molecular formula is C7H11NO4. The fourth-order valence-corrected chi connectivity index (χ4v) is 0.360. The first-order chi connectivity index (χ1) is 5.45. The standard InChI is InChI=1S/C7H11NO4/c1-4(2)7(11)12-3-5(9)6(8)10/h5,9H,1,3H2,2H3,(H2,8,10). The van der Waals surface area contributed by atoms with Crippen molar-refractivity contribution >= 4 is 11.9 Å². The molecule has 0 aromatic carbocycles. The number of esters is 1. The fraction of sp³-hybridized carbons (Fsp3) is 0.429. The van der Waals surface area contributed by atoms with E-state index in [1.165, 1.54) is 6.92 Å². The van der Waals surface area contributed by atoms with Gasteiger partial charge in [-0.3, -0.25) is 4.79 Å². The zero-order chi connectivity index (χ0) is 9.72. The minimum atomic E-state index is -1.45. The van der Waals surface area contributed by atoms with E-state index in [1.54, 1.807) is 0 Å². The lowest BCUT2D eigenvalue weighted by atomic mass is 10.3. The highest BCUT2D eigenvalue weighted by molar-refractivity contribution is 5.87. The van der Waals surface area contributed by atoms with Gasteiger partial charge in [-0.15, -0.1) is 0 Å². The largest absolute Gasteiger partial charge is 0.459 e. The summed E-state index contributed by atoms with van der Waals surface area (Å²) < 4.78 is 4.44. The number of aliphatic hydroxyl groups is 1. The van der Waals surface area contributed by atoms with E-state index in [1.807, 2.05) is 0 Å². The third-order valence-corrected chi connectivity index (χ3v) is 1.05. The molecule has 0 saturated carbocycles. The van der Waals surface area contributed by atoms with Crippen molar-refractivity contribution in [1.82, 2.24) is 0 Å². The summed E-state index contributed by atoms with van der Waals surface area (Å²) in [6.45, 7) is 4.33. The molecule has 0 rings (SSSR count). The number of rotatable bonds is 4. The molecule has 0 aliphatic heterocycles. The molecule has 0 bridgehead atoms. The zero-order valence-corrected chi connectivity index (χ0v) is 6.74. The Morgan fingerprint density at radius 1 is 1.67 bits per heavy atom. The molecule has 0 aromatic rings. The molecule has 5 heteroatoms. The van der Waals surface area contributed by atoms with Crippen molar-refractivity contribution in [2.75, 3.05) is 6.61 Å². The monoisotopic (exact) mass is 173 g/mol. The third kappa shape index (κ3) is 3.72. The number of aliphatic hydroxyl groups excluding tert-OH is 1. The minimum Gasteiger partial charge on any atom is -0.459 e. The molecule has 0 heterocycles. The Morgan fingerprint density at radius 2 is 2.17 bits per heavy atom. The van der Waals surface area contributed by atoms with Gasteiger partial charge in [0.15, 0.2) is 6.10 Å². The van der Waals surface area contributed by atoms with Gasteiger partial charge in [0.05, 0.1) is 0 Å². The van der Waals surface area contributed by atoms with Crippen molar-refractivity contribution in [3.05, 3.63) is 12.2 Å². The lowest BCUT2D eigenvalue weighted by Gasteiger charge is -2.06. The highest BCUT2D eigenvalue weighted by atomic mass is 16.5. The van der Waals surface area contributed by atoms with Crippen molar-refractivity contribution in [2.45, 2.75) is 13.0 Å². The van der Waals surface area contributed by atoms with Gasteiger partial charge in [-0.25, -0.2) is 4.79 Å². The fourth-order valence-electron chi connectivity index (χ4n) is 0.360. The Labute approximate surface area is 69.8 Å². The van der Waals surface area contributed by atoms with Crippen molar-refractivity contribution < 1.29 is 19.4 Å². The predicted octanol–water partition coefficient (Wildman–Crippen LogP) is -1.05. The van der Waals surface area contributed by atoms with Gasteiger partial charge < -0.3 is 15.6 Å². The van der Waals surface area contributed by atoms with Crippen LogP contribution in [0.15, 0.2) is 12.2 Å². The molecule has 0 aliphatic carbocycles. The van der Waals surface area contributed by atoms with Gasteiger partial charge in [0, 0.05) is 5.57 Å². The van der Waals surface area contributed by atoms with Crippen LogP contribution in [0.25, 0.3) is 0 Å². The number of carbonyl (C=O) groups excluding carboxylic acids is 2. The van der Waals surface area contributed by atoms with Gasteiger partial charge in [-0.1, -0.05) is 6.58 Å². The molecule has 0 spiro atoms. The third-order valence-electron chi connectivity index (χ3n) is 1.05. The molecule has 1 amide bonds. The molecular weight excluding hydrogens is 162 g/mol. The molecule has 1 unspecified atom stereocenters. The van der Waals surface area contributed by atoms with Gasteiger partial charge in [-0.05, 0) is 6.92 Å². The summed E-state index contributed by atoms with van der Waals surface area (Å²) in [7, 11) is 0.